The molecule has 8 heterocycles. The van der Waals surface area contributed by atoms with Crippen LogP contribution in [0.15, 0.2) is 192 Å². The van der Waals surface area contributed by atoms with E-state index in [2.05, 4.69) is 161 Å². The molecular formula is C116H137BN8NaO20S4. The monoisotopic (exact) mass is 2120 g/mol. The van der Waals surface area contributed by atoms with Crippen molar-refractivity contribution in [3.63, 3.8) is 0 Å². The van der Waals surface area contributed by atoms with E-state index in [1.807, 2.05) is 131 Å². The molecule has 789 valence electrons. The van der Waals surface area contributed by atoms with Crippen molar-refractivity contribution < 1.29 is 126 Å². The molecular weight excluding hydrogens is 1990 g/mol. The summed E-state index contributed by atoms with van der Waals surface area (Å²) in [5.74, 6) is 2.20. The van der Waals surface area contributed by atoms with Gasteiger partial charge in [-0.2, -0.15) is 0 Å². The van der Waals surface area contributed by atoms with Crippen LogP contribution in [0.4, 0.5) is 45.5 Å². The SMILES string of the molecule is CC(=O)OC(C)=O.CCCOCCOCCN(CC(C)(C)S(C)=S)c1cc(COc2cc3c(cc2C)C(=O)N2c4ccccc4C[C@H]2C=N3)cc(COc2cc3c(cc2OC)C(=O)N2c4ccccc4C[C@H]2C=N3)c1.CCCOCCOCCN(CC(C)(C)S(C)=S)c1cc(COc2cc3c(cc2C)C(=O)N2c4ccccc4C[C@H]2CC3)cc(COc2cc3c(cc2OC)C(=O)N2c4ccccc4C[C@H]2CC3)c1.O.O.[B-]C(C)=O.[Na+]. The molecule has 28 nitrogen and oxygen atoms in total. The van der Waals surface area contributed by atoms with Gasteiger partial charge >= 0.3 is 41.5 Å². The Balaban J connectivity index is 0.000000237. The molecule has 10 aromatic rings. The second-order valence-electron chi connectivity index (χ2n) is 39.3. The smallest absolute Gasteiger partial charge is 0.528 e. The third-order valence-electron chi connectivity index (χ3n) is 27.4. The van der Waals surface area contributed by atoms with Gasteiger partial charge in [0.15, 0.2) is 23.0 Å². The number of rotatable bonds is 38. The molecule has 0 saturated heterocycles. The molecule has 0 bridgehead atoms. The Morgan fingerprint density at radius 3 is 1.10 bits per heavy atom. The molecule has 3 radical (unpaired) electrons. The molecule has 150 heavy (non-hydrogen) atoms. The topological polar surface area (TPSA) is 328 Å². The fourth-order valence-electron chi connectivity index (χ4n) is 19.8. The number of hydrogen-bond donors (Lipinski definition) is 0. The Morgan fingerprint density at radius 2 is 0.727 bits per heavy atom. The van der Waals surface area contributed by atoms with Gasteiger partial charge in [-0.3, -0.25) is 48.6 Å². The van der Waals surface area contributed by atoms with Gasteiger partial charge in [-0.15, -0.1) is 24.6 Å². The summed E-state index contributed by atoms with van der Waals surface area (Å²) in [5, 5.41) is 0. The first-order valence-electron chi connectivity index (χ1n) is 50.4. The van der Waals surface area contributed by atoms with Gasteiger partial charge in [0.1, 0.15) is 37.9 Å². The Hall–Kier alpha value is -11.4. The molecule has 18 rings (SSSR count). The van der Waals surface area contributed by atoms with Gasteiger partial charge in [-0.05, 0) is 269 Å². The predicted octanol–water partition coefficient (Wildman–Crippen LogP) is 14.6. The summed E-state index contributed by atoms with van der Waals surface area (Å²) in [4.78, 5) is 108. The molecule has 0 spiro atoms. The first-order chi connectivity index (χ1) is 70.7. The van der Waals surface area contributed by atoms with E-state index < -0.39 is 11.9 Å². The zero-order valence-electron chi connectivity index (χ0n) is 88.8. The first-order valence-corrected chi connectivity index (χ1v) is 55.5. The predicted molar refractivity (Wildman–Crippen MR) is 598 cm³/mol. The minimum Gasteiger partial charge on any atom is -0.528 e. The number of carbonyl (C=O) groups is 7. The maximum absolute atomic E-state index is 14.2. The van der Waals surface area contributed by atoms with E-state index in [9.17, 15) is 33.6 Å². The average Bonchev–Trinajstić information content (AvgIpc) is 1.62. The van der Waals surface area contributed by atoms with Gasteiger partial charge in [0.2, 0.25) is 0 Å². The van der Waals surface area contributed by atoms with E-state index in [1.54, 1.807) is 26.4 Å². The number of esters is 2. The van der Waals surface area contributed by atoms with E-state index in [0.29, 0.717) is 136 Å². The maximum Gasteiger partial charge on any atom is 1.00 e. The number of ether oxygens (including phenoxy) is 11. The summed E-state index contributed by atoms with van der Waals surface area (Å²) in [6, 6.07) is 60.7. The van der Waals surface area contributed by atoms with Gasteiger partial charge in [0.05, 0.1) is 88.4 Å². The molecule has 2 unspecified atom stereocenters. The zero-order valence-corrected chi connectivity index (χ0v) is 94.1. The summed E-state index contributed by atoms with van der Waals surface area (Å²) in [5.41, 5.74) is 21.3. The van der Waals surface area contributed by atoms with Crippen LogP contribution in [-0.2, 0) is 144 Å². The van der Waals surface area contributed by atoms with E-state index >= 15 is 0 Å². The number of nitrogens with zero attached hydrogens (tertiary/aromatic N) is 8. The van der Waals surface area contributed by atoms with Crippen LogP contribution in [0.3, 0.4) is 0 Å². The number of amides is 4. The number of anilines is 6. The number of fused-ring (bicyclic) bond motifs is 16. The van der Waals surface area contributed by atoms with Gasteiger partial charge in [0, 0.05) is 157 Å². The van der Waals surface area contributed by atoms with Gasteiger partial charge < -0.3 is 95.3 Å². The number of benzene rings is 10. The van der Waals surface area contributed by atoms with Crippen LogP contribution in [0, 0.1) is 13.8 Å². The molecule has 0 fully saturated rings. The van der Waals surface area contributed by atoms with Crippen molar-refractivity contribution in [1.82, 2.24) is 0 Å². The first kappa shape index (κ1) is 117. The number of aliphatic imine (C=N–C) groups is 2. The fraction of sp³-hybridized carbons (Fsp3) is 0.405. The van der Waals surface area contributed by atoms with E-state index in [4.69, 9.17) is 79.7 Å². The number of hydrogen-bond acceptors (Lipinski definition) is 24. The van der Waals surface area contributed by atoms with Crippen molar-refractivity contribution in [3.8, 4) is 34.5 Å². The third kappa shape index (κ3) is 28.5. The number of para-hydroxylation sites is 4. The van der Waals surface area contributed by atoms with Crippen LogP contribution in [-0.4, -0.2) is 212 Å². The zero-order chi connectivity index (χ0) is 104. The van der Waals surface area contributed by atoms with Crippen molar-refractivity contribution >= 4 is 148 Å². The molecule has 8 aliphatic rings. The van der Waals surface area contributed by atoms with Crippen molar-refractivity contribution in [1.29, 1.82) is 0 Å². The summed E-state index contributed by atoms with van der Waals surface area (Å²) < 4.78 is 65.7. The molecule has 4 N–H and O–H groups in total. The normalized spacial score (nSPS) is 16.2. The van der Waals surface area contributed by atoms with Crippen molar-refractivity contribution in [2.75, 3.05) is 135 Å². The summed E-state index contributed by atoms with van der Waals surface area (Å²) in [6.45, 7) is 29.1. The van der Waals surface area contributed by atoms with Crippen LogP contribution in [0.5, 0.6) is 34.5 Å². The largest absolute Gasteiger partial charge is 1.00 e. The molecule has 34 heteroatoms. The molecule has 6 atom stereocenters. The maximum atomic E-state index is 14.2. The van der Waals surface area contributed by atoms with E-state index in [1.165, 1.54) is 31.9 Å². The molecule has 10 aromatic carbocycles. The minimum atomic E-state index is -0.562. The number of carbonyl (C=O) groups excluding carboxylic acids is 7. The summed E-state index contributed by atoms with van der Waals surface area (Å²) >= 11 is 11.8. The second-order valence-corrected chi connectivity index (χ2v) is 46.3. The summed E-state index contributed by atoms with van der Waals surface area (Å²) in [7, 11) is 7.10. The molecule has 0 saturated carbocycles. The quantitative estimate of drug-likeness (QED) is 0.0150. The molecule has 8 aliphatic heterocycles. The van der Waals surface area contributed by atoms with Crippen LogP contribution in [0.1, 0.15) is 196 Å². The van der Waals surface area contributed by atoms with Crippen molar-refractivity contribution in [2.24, 2.45) is 9.98 Å². The van der Waals surface area contributed by atoms with E-state index in [0.717, 1.165) is 172 Å². The third-order valence-corrected chi connectivity index (χ3v) is 33.5. The van der Waals surface area contributed by atoms with Gasteiger partial charge in [0.25, 0.3) is 23.6 Å². The van der Waals surface area contributed by atoms with Crippen LogP contribution < -0.4 is 87.4 Å². The fourth-order valence-corrected chi connectivity index (χ4v) is 20.8. The van der Waals surface area contributed by atoms with Crippen molar-refractivity contribution in [2.45, 2.75) is 200 Å². The number of aryl methyl sites for hydroxylation is 4. The molecule has 4 amide bonds. The standard InChI is InChI=1S/C56H65N3O7S2.C54H59N5O7S2.C4H6O3.C2H3BO.Na.2H2O/c1-7-21-63-23-24-64-22-20-57(36-56(3,4)68(6)67)46-27-38(34-65-51-31-40-16-18-44-29-42-12-8-10-14-49(42)58(44)54(60)47(40)25-37(51)2)26-39(28-46)35-66-53-32-41-17-19-45-30-43-13-9-11-15-50(43)59(45)55(61)48(41)33-52(53)62-5;1-7-17-63-19-20-64-18-16-57(34-54(3,4)68(6)67)40-23-36(32-65-49-28-45-43(21-35(49)2)52(60)58-41(30-55-45)25-38-12-8-10-14-47(38)58)22-37(24-40)33-66-51-29-46-44(27-50(51)62-5)53(61)59-42(31-56-46)26-39-13-9-11-15-48(39)59;1-3(5)7-4(2)6;1-2(3)4;;;/h8-15,25-28,31-33,44-45H,7,16-24,29-30,34-36H2,1-6H3;8-15,21-24,27-31,41-42H,7,16-20,25-26,32-34H2,1-6H3;1-2H3;1H3;;2*1H2/q;;;-1;+1;;/t44-,45-,68?;41-,42-,68?;;;;;/m10...../s1. The van der Waals surface area contributed by atoms with Crippen LogP contribution >= 0.6 is 0 Å². The number of methoxy groups -OCH3 is 2. The van der Waals surface area contributed by atoms with Gasteiger partial charge in [-0.1, -0.05) is 116 Å². The van der Waals surface area contributed by atoms with Crippen molar-refractivity contribution in [3.05, 3.63) is 271 Å². The molecule has 0 aliphatic carbocycles. The average molecular weight is 2130 g/mol. The van der Waals surface area contributed by atoms with Crippen LogP contribution in [0.25, 0.3) is 0 Å². The van der Waals surface area contributed by atoms with E-state index in [-0.39, 0.29) is 142 Å². The Bertz CT molecular complexity index is 6650. The Kier molecular flexibility index (Phi) is 42.0. The van der Waals surface area contributed by atoms with Crippen LogP contribution in [0.2, 0.25) is 0 Å². The molecule has 0 aromatic heterocycles. The second kappa shape index (κ2) is 53.7. The summed E-state index contributed by atoms with van der Waals surface area (Å²) in [6.07, 6.45) is 16.4. The Morgan fingerprint density at radius 1 is 0.413 bits per heavy atom. The minimum absolute atomic E-state index is 0. The van der Waals surface area contributed by atoms with Gasteiger partial charge in [-0.25, -0.2) is 0 Å². The Labute approximate surface area is 918 Å².